The number of ether oxygens (including phenoxy) is 1. The lowest BCUT2D eigenvalue weighted by molar-refractivity contribution is 0.0643. The quantitative estimate of drug-likeness (QED) is 0.722. The second-order valence-electron chi connectivity index (χ2n) is 3.23. The average molecular weight is 185 g/mol. The molecule has 1 aromatic rings. The van der Waals surface area contributed by atoms with Gasteiger partial charge < -0.3 is 4.74 Å². The van der Waals surface area contributed by atoms with E-state index >= 15 is 0 Å². The predicted molar refractivity (Wildman–Crippen MR) is 51.4 cm³/mol. The lowest BCUT2D eigenvalue weighted by atomic mass is 10.1. The highest BCUT2D eigenvalue weighted by molar-refractivity contribution is 7.09. The molecule has 0 amide bonds. The van der Waals surface area contributed by atoms with Crippen molar-refractivity contribution in [1.82, 2.24) is 4.98 Å². The lowest BCUT2D eigenvalue weighted by Gasteiger charge is -2.15. The Kier molecular flexibility index (Phi) is 3.23. The minimum Gasteiger partial charge on any atom is -0.374 e. The van der Waals surface area contributed by atoms with Gasteiger partial charge in [-0.2, -0.15) is 0 Å². The number of methoxy groups -OCH3 is 1. The first-order valence-electron chi connectivity index (χ1n) is 4.10. The van der Waals surface area contributed by atoms with Gasteiger partial charge in [0.15, 0.2) is 0 Å². The highest BCUT2D eigenvalue weighted by atomic mass is 32.1. The summed E-state index contributed by atoms with van der Waals surface area (Å²) >= 11 is 1.67. The number of thiazole rings is 1. The Bertz CT molecular complexity index is 244. The third kappa shape index (κ3) is 2.05. The Morgan fingerprint density at radius 3 is 2.50 bits per heavy atom. The smallest absolute Gasteiger partial charge is 0.122 e. The van der Waals surface area contributed by atoms with Crippen molar-refractivity contribution < 1.29 is 4.74 Å². The molecular formula is C9H15NOS. The summed E-state index contributed by atoms with van der Waals surface area (Å²) in [5.41, 5.74) is 1.08. The summed E-state index contributed by atoms with van der Waals surface area (Å²) in [7, 11) is 1.74. The number of aromatic nitrogens is 1. The van der Waals surface area contributed by atoms with Gasteiger partial charge in [0.2, 0.25) is 0 Å². The highest BCUT2D eigenvalue weighted by Crippen LogP contribution is 2.27. The maximum absolute atomic E-state index is 5.36. The summed E-state index contributed by atoms with van der Waals surface area (Å²) in [5, 5.41) is 3.15. The fourth-order valence-electron chi connectivity index (χ4n) is 1.16. The van der Waals surface area contributed by atoms with E-state index in [9.17, 15) is 0 Å². The summed E-state index contributed by atoms with van der Waals surface area (Å²) in [6, 6.07) is 0. The molecule has 0 N–H and O–H groups in total. The first-order valence-corrected chi connectivity index (χ1v) is 4.98. The number of aryl methyl sites for hydroxylation is 1. The van der Waals surface area contributed by atoms with Crippen LogP contribution in [0.1, 0.15) is 30.7 Å². The molecule has 1 heterocycles. The largest absolute Gasteiger partial charge is 0.374 e. The van der Waals surface area contributed by atoms with Crippen LogP contribution in [0.4, 0.5) is 0 Å². The zero-order valence-corrected chi connectivity index (χ0v) is 8.81. The van der Waals surface area contributed by atoms with E-state index in [0.29, 0.717) is 5.92 Å². The molecule has 1 aromatic heterocycles. The summed E-state index contributed by atoms with van der Waals surface area (Å²) < 4.78 is 5.36. The van der Waals surface area contributed by atoms with Gasteiger partial charge >= 0.3 is 0 Å². The Morgan fingerprint density at radius 1 is 1.50 bits per heavy atom. The van der Waals surface area contributed by atoms with E-state index in [4.69, 9.17) is 4.74 Å². The third-order valence-electron chi connectivity index (χ3n) is 1.74. The van der Waals surface area contributed by atoms with Crippen LogP contribution in [0, 0.1) is 12.8 Å². The standard InChI is InChI=1S/C9H15NOS/c1-6(2)8(11-4)9-10-7(3)5-12-9/h5-6,8H,1-4H3. The summed E-state index contributed by atoms with van der Waals surface area (Å²) in [5.74, 6) is 0.487. The van der Waals surface area contributed by atoms with Crippen LogP contribution in [0.15, 0.2) is 5.38 Å². The van der Waals surface area contributed by atoms with E-state index in [1.807, 2.05) is 6.92 Å². The molecule has 0 aliphatic rings. The zero-order chi connectivity index (χ0) is 9.14. The summed E-state index contributed by atoms with van der Waals surface area (Å²) in [6.45, 7) is 6.29. The highest BCUT2D eigenvalue weighted by Gasteiger charge is 2.17. The van der Waals surface area contributed by atoms with Crippen molar-refractivity contribution in [2.24, 2.45) is 5.92 Å². The van der Waals surface area contributed by atoms with Crippen molar-refractivity contribution in [1.29, 1.82) is 0 Å². The van der Waals surface area contributed by atoms with Gasteiger partial charge in [-0.05, 0) is 12.8 Å². The van der Waals surface area contributed by atoms with E-state index in [0.717, 1.165) is 10.7 Å². The van der Waals surface area contributed by atoms with Crippen molar-refractivity contribution in [3.8, 4) is 0 Å². The monoisotopic (exact) mass is 185 g/mol. The number of nitrogens with zero attached hydrogens (tertiary/aromatic N) is 1. The molecular weight excluding hydrogens is 170 g/mol. The van der Waals surface area contributed by atoms with Gasteiger partial charge in [-0.3, -0.25) is 0 Å². The second-order valence-corrected chi connectivity index (χ2v) is 4.12. The fraction of sp³-hybridized carbons (Fsp3) is 0.667. The molecule has 1 atom stereocenters. The zero-order valence-electron chi connectivity index (χ0n) is 8.00. The minimum absolute atomic E-state index is 0.156. The predicted octanol–water partition coefficient (Wildman–Crippen LogP) is 2.80. The molecule has 3 heteroatoms. The van der Waals surface area contributed by atoms with Gasteiger partial charge in [0.25, 0.3) is 0 Å². The molecule has 0 spiro atoms. The molecule has 0 bridgehead atoms. The number of rotatable bonds is 3. The molecule has 0 aliphatic carbocycles. The van der Waals surface area contributed by atoms with E-state index in [2.05, 4.69) is 24.2 Å². The summed E-state index contributed by atoms with van der Waals surface area (Å²) in [4.78, 5) is 4.40. The molecule has 0 saturated heterocycles. The van der Waals surface area contributed by atoms with Crippen LogP contribution in [-0.4, -0.2) is 12.1 Å². The topological polar surface area (TPSA) is 22.1 Å². The van der Waals surface area contributed by atoms with Crippen molar-refractivity contribution in [3.63, 3.8) is 0 Å². The maximum Gasteiger partial charge on any atom is 0.122 e. The molecule has 0 aromatic carbocycles. The van der Waals surface area contributed by atoms with Gasteiger partial charge in [-0.25, -0.2) is 4.98 Å². The van der Waals surface area contributed by atoms with E-state index in [1.54, 1.807) is 18.4 Å². The number of hydrogen-bond acceptors (Lipinski definition) is 3. The molecule has 0 fully saturated rings. The normalized spacial score (nSPS) is 13.8. The van der Waals surface area contributed by atoms with Crippen LogP contribution >= 0.6 is 11.3 Å². The van der Waals surface area contributed by atoms with E-state index in [1.165, 1.54) is 0 Å². The third-order valence-corrected chi connectivity index (χ3v) is 2.76. The van der Waals surface area contributed by atoms with Crippen LogP contribution in [-0.2, 0) is 4.74 Å². The first kappa shape index (κ1) is 9.68. The molecule has 0 radical (unpaired) electrons. The number of hydrogen-bond donors (Lipinski definition) is 0. The van der Waals surface area contributed by atoms with Crippen LogP contribution in [0.2, 0.25) is 0 Å². The molecule has 0 aliphatic heterocycles. The molecule has 2 nitrogen and oxygen atoms in total. The van der Waals surface area contributed by atoms with Crippen molar-refractivity contribution in [2.75, 3.05) is 7.11 Å². The van der Waals surface area contributed by atoms with Crippen LogP contribution < -0.4 is 0 Å². The Hall–Kier alpha value is -0.410. The van der Waals surface area contributed by atoms with Crippen molar-refractivity contribution in [3.05, 3.63) is 16.1 Å². The van der Waals surface area contributed by atoms with Crippen molar-refractivity contribution >= 4 is 11.3 Å². The molecule has 12 heavy (non-hydrogen) atoms. The molecule has 1 rings (SSSR count). The van der Waals surface area contributed by atoms with Gasteiger partial charge in [-0.15, -0.1) is 11.3 Å². The molecule has 68 valence electrons. The van der Waals surface area contributed by atoms with Crippen LogP contribution in [0.25, 0.3) is 0 Å². The van der Waals surface area contributed by atoms with Gasteiger partial charge in [0, 0.05) is 18.2 Å². The minimum atomic E-state index is 0.156. The molecule has 0 saturated carbocycles. The Labute approximate surface area is 77.6 Å². The fourth-order valence-corrected chi connectivity index (χ4v) is 2.20. The van der Waals surface area contributed by atoms with Gasteiger partial charge in [-0.1, -0.05) is 13.8 Å². The van der Waals surface area contributed by atoms with E-state index in [-0.39, 0.29) is 6.10 Å². The van der Waals surface area contributed by atoms with Gasteiger partial charge in [0.1, 0.15) is 11.1 Å². The van der Waals surface area contributed by atoms with Crippen molar-refractivity contribution in [2.45, 2.75) is 26.9 Å². The Balaban J connectivity index is 2.80. The average Bonchev–Trinajstić information content (AvgIpc) is 2.37. The second kappa shape index (κ2) is 4.01. The Morgan fingerprint density at radius 2 is 2.17 bits per heavy atom. The van der Waals surface area contributed by atoms with Gasteiger partial charge in [0.05, 0.1) is 0 Å². The van der Waals surface area contributed by atoms with Crippen LogP contribution in [0.5, 0.6) is 0 Å². The maximum atomic E-state index is 5.36. The van der Waals surface area contributed by atoms with Crippen LogP contribution in [0.3, 0.4) is 0 Å². The lowest BCUT2D eigenvalue weighted by Crippen LogP contribution is -2.08. The first-order chi connectivity index (χ1) is 5.65. The SMILES string of the molecule is COC(c1nc(C)cs1)C(C)C. The van der Waals surface area contributed by atoms with E-state index < -0.39 is 0 Å². The molecule has 1 unspecified atom stereocenters. The summed E-state index contributed by atoms with van der Waals surface area (Å²) in [6.07, 6.45) is 0.156.